The fourth-order valence-corrected chi connectivity index (χ4v) is 13.6. The van der Waals surface area contributed by atoms with Crippen LogP contribution in [0.4, 0.5) is 0 Å². The Hall–Kier alpha value is -2.29. The monoisotopic (exact) mass is 1380 g/mol. The van der Waals surface area contributed by atoms with Crippen LogP contribution in [0.15, 0.2) is 60.8 Å². The minimum absolute atomic E-state index is 0.0345. The summed E-state index contributed by atoms with van der Waals surface area (Å²) in [5.41, 5.74) is 0. The molecule has 10 heteroatoms. The maximum atomic E-state index is 12.9. The number of allylic oxidation sites excluding steroid dienone is 10. The number of unbranched alkanes of at least 4 members (excludes halogenated alkanes) is 56. The van der Waals surface area contributed by atoms with Gasteiger partial charge < -0.3 is 18.9 Å². The number of phosphoric ester groups is 1. The third-order valence-corrected chi connectivity index (χ3v) is 20.3. The summed E-state index contributed by atoms with van der Waals surface area (Å²) in [7, 11) is 1.50. The van der Waals surface area contributed by atoms with Crippen LogP contribution in [0.2, 0.25) is 0 Å². The smallest absolute Gasteiger partial charge is 0.462 e. The predicted octanol–water partition coefficient (Wildman–Crippen LogP) is 28.5. The quantitative estimate of drug-likeness (QED) is 0.0211. The maximum Gasteiger partial charge on any atom is 0.472 e. The van der Waals surface area contributed by atoms with E-state index in [1.807, 2.05) is 21.1 Å². The minimum Gasteiger partial charge on any atom is -0.462 e. The number of hydrogen-bond donors (Lipinski definition) is 1. The van der Waals surface area contributed by atoms with Gasteiger partial charge in [-0.1, -0.05) is 421 Å². The van der Waals surface area contributed by atoms with Gasteiger partial charge in [-0.3, -0.25) is 18.6 Å². The van der Waals surface area contributed by atoms with E-state index in [1.165, 1.54) is 334 Å². The summed E-state index contributed by atoms with van der Waals surface area (Å²) in [5, 5.41) is 0. The zero-order valence-corrected chi connectivity index (χ0v) is 66.2. The van der Waals surface area contributed by atoms with E-state index in [-0.39, 0.29) is 25.6 Å². The topological polar surface area (TPSA) is 108 Å². The lowest BCUT2D eigenvalue weighted by Crippen LogP contribution is -2.37. The number of carbonyl (C=O) groups excluding carboxylic acids is 2. The van der Waals surface area contributed by atoms with Crippen LogP contribution in [0.3, 0.4) is 0 Å². The van der Waals surface area contributed by atoms with Crippen LogP contribution in [-0.2, 0) is 32.7 Å². The van der Waals surface area contributed by atoms with Crippen LogP contribution < -0.4 is 0 Å². The van der Waals surface area contributed by atoms with E-state index in [4.69, 9.17) is 18.5 Å². The first-order valence-corrected chi connectivity index (χ1v) is 44.0. The van der Waals surface area contributed by atoms with Crippen LogP contribution in [0, 0.1) is 0 Å². The molecule has 0 radical (unpaired) electrons. The summed E-state index contributed by atoms with van der Waals surface area (Å²) >= 11 is 0. The van der Waals surface area contributed by atoms with Gasteiger partial charge in [0.15, 0.2) is 6.10 Å². The highest BCUT2D eigenvalue weighted by Gasteiger charge is 2.27. The normalized spacial score (nSPS) is 13.3. The van der Waals surface area contributed by atoms with Gasteiger partial charge in [-0.05, 0) is 57.8 Å². The molecule has 0 amide bonds. The molecule has 1 N–H and O–H groups in total. The van der Waals surface area contributed by atoms with Gasteiger partial charge in [-0.2, -0.15) is 0 Å². The molecule has 0 rings (SSSR count). The van der Waals surface area contributed by atoms with Gasteiger partial charge in [0.1, 0.15) is 19.8 Å². The lowest BCUT2D eigenvalue weighted by Gasteiger charge is -2.24. The van der Waals surface area contributed by atoms with Crippen LogP contribution in [0.25, 0.3) is 0 Å². The number of phosphoric acid groups is 1. The van der Waals surface area contributed by atoms with Crippen molar-refractivity contribution in [3.05, 3.63) is 60.8 Å². The van der Waals surface area contributed by atoms with Crippen molar-refractivity contribution < 1.29 is 42.1 Å². The standard InChI is InChI=1S/C87H164NO8P/c1-6-8-10-12-14-16-18-20-22-24-26-28-30-32-34-36-38-40-42-44-46-48-50-52-54-56-58-60-62-64-66-68-70-72-74-76-78-80-87(90)96-85(84-95-97(91,92)94-82-81-88(3,4)5)83-93-86(89)79-77-75-73-71-69-67-65-63-61-59-57-55-53-51-49-47-45-43-41-39-37-35-33-31-29-27-25-23-21-19-17-15-13-11-9-7-2/h8,10,14,16,20,22,26,28,32,34,85H,6-7,9,11-13,15,17-19,21,23-25,27,29-31,33,35-84H2,1-5H3/p+1/b10-8-,16-14-,22-20-,28-26-,34-32-. The Morgan fingerprint density at radius 2 is 0.588 bits per heavy atom. The fourth-order valence-electron chi connectivity index (χ4n) is 12.9. The van der Waals surface area contributed by atoms with E-state index < -0.39 is 26.5 Å². The van der Waals surface area contributed by atoms with Crippen LogP contribution in [0.1, 0.15) is 431 Å². The summed E-state index contributed by atoms with van der Waals surface area (Å²) in [4.78, 5) is 36.0. The van der Waals surface area contributed by atoms with E-state index in [2.05, 4.69) is 74.6 Å². The molecular formula is C87H165NO8P+. The first-order chi connectivity index (χ1) is 47.5. The molecule has 0 saturated heterocycles. The molecule has 9 nitrogen and oxygen atoms in total. The molecule has 0 aromatic rings. The zero-order chi connectivity index (χ0) is 70.4. The van der Waals surface area contributed by atoms with Crippen molar-refractivity contribution in [3.8, 4) is 0 Å². The van der Waals surface area contributed by atoms with Gasteiger partial charge in [0.2, 0.25) is 0 Å². The molecule has 0 heterocycles. The Morgan fingerprint density at radius 3 is 0.876 bits per heavy atom. The molecule has 570 valence electrons. The number of likely N-dealkylation sites (N-methyl/N-ethyl adjacent to an activating group) is 1. The van der Waals surface area contributed by atoms with Gasteiger partial charge in [-0.25, -0.2) is 4.57 Å². The second kappa shape index (κ2) is 77.9. The molecule has 0 aliphatic heterocycles. The van der Waals surface area contributed by atoms with Crippen molar-refractivity contribution in [1.29, 1.82) is 0 Å². The third-order valence-electron chi connectivity index (χ3n) is 19.3. The second-order valence-electron chi connectivity index (χ2n) is 30.2. The Labute approximate surface area is 604 Å². The molecule has 0 spiro atoms. The molecule has 97 heavy (non-hydrogen) atoms. The molecular weight excluding hydrogens is 1220 g/mol. The fraction of sp³-hybridized carbons (Fsp3) is 0.862. The summed E-state index contributed by atoms with van der Waals surface area (Å²) in [5.74, 6) is -0.771. The number of hydrogen-bond acceptors (Lipinski definition) is 7. The summed E-state index contributed by atoms with van der Waals surface area (Å²) in [6.45, 7) is 4.40. The van der Waals surface area contributed by atoms with Gasteiger partial charge in [0, 0.05) is 12.8 Å². The van der Waals surface area contributed by atoms with Crippen LogP contribution in [0.5, 0.6) is 0 Å². The Balaban J connectivity index is 3.88. The van der Waals surface area contributed by atoms with Crippen LogP contribution >= 0.6 is 7.82 Å². The molecule has 0 bridgehead atoms. The van der Waals surface area contributed by atoms with Crippen molar-refractivity contribution in [1.82, 2.24) is 0 Å². The average Bonchev–Trinajstić information content (AvgIpc) is 1.41. The molecule has 0 saturated carbocycles. The Kier molecular flexibility index (Phi) is 76.0. The lowest BCUT2D eigenvalue weighted by atomic mass is 10.0. The van der Waals surface area contributed by atoms with Gasteiger partial charge in [0.25, 0.3) is 0 Å². The number of esters is 2. The van der Waals surface area contributed by atoms with E-state index in [1.54, 1.807) is 0 Å². The predicted molar refractivity (Wildman–Crippen MR) is 423 cm³/mol. The highest BCUT2D eigenvalue weighted by molar-refractivity contribution is 7.47. The molecule has 0 fully saturated rings. The van der Waals surface area contributed by atoms with Crippen molar-refractivity contribution in [2.75, 3.05) is 47.5 Å². The Morgan fingerprint density at radius 1 is 0.330 bits per heavy atom. The van der Waals surface area contributed by atoms with Crippen LogP contribution in [-0.4, -0.2) is 74.9 Å². The van der Waals surface area contributed by atoms with E-state index in [9.17, 15) is 19.0 Å². The lowest BCUT2D eigenvalue weighted by molar-refractivity contribution is -0.870. The average molecular weight is 1380 g/mol. The number of rotatable bonds is 80. The van der Waals surface area contributed by atoms with E-state index >= 15 is 0 Å². The third kappa shape index (κ3) is 82.6. The van der Waals surface area contributed by atoms with Gasteiger partial charge in [-0.15, -0.1) is 0 Å². The van der Waals surface area contributed by atoms with Gasteiger partial charge in [0.05, 0.1) is 27.7 Å². The number of carbonyl (C=O) groups is 2. The molecule has 0 aromatic heterocycles. The first-order valence-electron chi connectivity index (χ1n) is 42.5. The first kappa shape index (κ1) is 94.7. The molecule has 0 aliphatic carbocycles. The largest absolute Gasteiger partial charge is 0.472 e. The van der Waals surface area contributed by atoms with Crippen molar-refractivity contribution in [2.45, 2.75) is 437 Å². The van der Waals surface area contributed by atoms with Crippen molar-refractivity contribution in [2.24, 2.45) is 0 Å². The minimum atomic E-state index is -4.39. The summed E-state index contributed by atoms with van der Waals surface area (Å²) in [6.07, 6.45) is 105. The molecule has 0 aromatic carbocycles. The molecule has 0 aliphatic rings. The summed E-state index contributed by atoms with van der Waals surface area (Å²) in [6, 6.07) is 0. The molecule has 2 atom stereocenters. The number of quaternary nitrogens is 1. The summed E-state index contributed by atoms with van der Waals surface area (Å²) < 4.78 is 34.9. The van der Waals surface area contributed by atoms with Crippen molar-refractivity contribution >= 4 is 19.8 Å². The molecule has 2 unspecified atom stereocenters. The van der Waals surface area contributed by atoms with E-state index in [0.29, 0.717) is 23.9 Å². The highest BCUT2D eigenvalue weighted by Crippen LogP contribution is 2.43. The number of ether oxygens (including phenoxy) is 2. The van der Waals surface area contributed by atoms with E-state index in [0.717, 1.165) is 64.2 Å². The zero-order valence-electron chi connectivity index (χ0n) is 65.3. The van der Waals surface area contributed by atoms with Crippen molar-refractivity contribution in [3.63, 3.8) is 0 Å². The Bertz CT molecular complexity index is 1820. The maximum absolute atomic E-state index is 12.9. The van der Waals surface area contributed by atoms with Gasteiger partial charge >= 0.3 is 19.8 Å². The highest BCUT2D eigenvalue weighted by atomic mass is 31.2. The SMILES string of the molecule is CC/C=C\C/C=C\C/C=C\C/C=C\C/C=C\CCCCCCCCCCCCCCCCCCCCCCCC(=O)OC(COC(=O)CCCCCCCCCCCCCCCCCCCCCCCCCCCCCCCCCCCCCC)COP(=O)(O)OCC[N+](C)(C)C. The second-order valence-corrected chi connectivity index (χ2v) is 31.7. The number of nitrogens with zero attached hydrogens (tertiary/aromatic N) is 1.